The van der Waals surface area contributed by atoms with E-state index in [1.165, 1.54) is 0 Å². The molecule has 0 aromatic heterocycles. The van der Waals surface area contributed by atoms with Crippen molar-refractivity contribution in [3.63, 3.8) is 0 Å². The SMILES string of the molecule is NO.O=S(=O)([O-])[O-].[Cl-].[Na+].[Na+].[Na+]. The van der Waals surface area contributed by atoms with Gasteiger partial charge >= 0.3 is 88.7 Å². The van der Waals surface area contributed by atoms with Crippen LogP contribution in [0.1, 0.15) is 0 Å². The van der Waals surface area contributed by atoms with Crippen LogP contribution in [0.3, 0.4) is 0 Å². The molecule has 0 unspecified atom stereocenters. The van der Waals surface area contributed by atoms with E-state index in [-0.39, 0.29) is 101 Å². The van der Waals surface area contributed by atoms with Crippen molar-refractivity contribution in [2.75, 3.05) is 0 Å². The van der Waals surface area contributed by atoms with E-state index in [1.54, 1.807) is 0 Å². The Morgan fingerprint density at radius 2 is 1.00 bits per heavy atom. The smallest absolute Gasteiger partial charge is 1.00 e. The first-order chi connectivity index (χ1) is 3.00. The molecule has 0 aliphatic carbocycles. The van der Waals surface area contributed by atoms with Crippen molar-refractivity contribution < 1.29 is 124 Å². The summed E-state index contributed by atoms with van der Waals surface area (Å²) in [7, 11) is -5.17. The molecule has 0 atom stereocenters. The summed E-state index contributed by atoms with van der Waals surface area (Å²) in [6.07, 6.45) is 0. The minimum Gasteiger partial charge on any atom is -1.00 e. The molecule has 0 amide bonds. The predicted octanol–water partition coefficient (Wildman–Crippen LogP) is -14.0. The molecule has 11 heteroatoms. The molecule has 0 aromatic carbocycles. The van der Waals surface area contributed by atoms with E-state index in [4.69, 9.17) is 22.7 Å². The van der Waals surface area contributed by atoms with Crippen molar-refractivity contribution in [2.24, 2.45) is 5.90 Å². The quantitative estimate of drug-likeness (QED) is 0.185. The van der Waals surface area contributed by atoms with Crippen LogP contribution in [0, 0.1) is 0 Å². The summed E-state index contributed by atoms with van der Waals surface area (Å²) in [6.45, 7) is 0. The zero-order valence-corrected chi connectivity index (χ0v) is 14.0. The average molecular weight is 234 g/mol. The molecule has 0 fully saturated rings. The first kappa shape index (κ1) is 36.9. The average Bonchev–Trinajstić information content (AvgIpc) is 1.36. The Bertz CT molecular complexity index is 105. The molecule has 0 aromatic rings. The van der Waals surface area contributed by atoms with Gasteiger partial charge in [0.15, 0.2) is 0 Å². The molecule has 0 heterocycles. The molecule has 0 aliphatic rings. The summed E-state index contributed by atoms with van der Waals surface area (Å²) in [6, 6.07) is 0. The molecule has 0 bridgehead atoms. The zero-order chi connectivity index (χ0) is 6.50. The van der Waals surface area contributed by atoms with Gasteiger partial charge in [-0.3, -0.25) is 8.42 Å². The number of nitrogens with two attached hydrogens (primary N) is 1. The van der Waals surface area contributed by atoms with Crippen molar-refractivity contribution in [3.8, 4) is 0 Å². The third-order valence-corrected chi connectivity index (χ3v) is 0. The maximum Gasteiger partial charge on any atom is 1.00 e. The van der Waals surface area contributed by atoms with Crippen LogP contribution in [0.25, 0.3) is 0 Å². The first-order valence-electron chi connectivity index (χ1n) is 0.925. The van der Waals surface area contributed by atoms with Crippen molar-refractivity contribution in [3.05, 3.63) is 0 Å². The van der Waals surface area contributed by atoms with Crippen molar-refractivity contribution >= 4 is 10.4 Å². The number of halogens is 1. The summed E-state index contributed by atoms with van der Waals surface area (Å²) in [5, 5.41) is 6.50. The standard InChI is InChI=1S/ClH.H3NO.3Na.H2O4S/c;1-2;;;;1-5(2,3)4/h1H;2H,1H2;;;;(H2,1,2,3,4)/q;;3*+1;/p-3. The molecule has 3 N–H and O–H groups in total. The second kappa shape index (κ2) is 23.2. The predicted molar refractivity (Wildman–Crippen MR) is 16.4 cm³/mol. The van der Waals surface area contributed by atoms with Crippen LogP contribution in [-0.2, 0) is 10.4 Å². The third-order valence-electron chi connectivity index (χ3n) is 0. The Morgan fingerprint density at radius 1 is 1.00 bits per heavy atom. The van der Waals surface area contributed by atoms with Gasteiger partial charge in [-0.15, -0.1) is 0 Å². The van der Waals surface area contributed by atoms with Crippen LogP contribution in [0.5, 0.6) is 0 Å². The third kappa shape index (κ3) is 169. The Labute approximate surface area is 137 Å². The van der Waals surface area contributed by atoms with Crippen molar-refractivity contribution in [2.45, 2.75) is 0 Å². The van der Waals surface area contributed by atoms with Gasteiger partial charge in [0.25, 0.3) is 0 Å². The second-order valence-electron chi connectivity index (χ2n) is 0.408. The molecule has 0 spiro atoms. The minimum atomic E-state index is -5.17. The fraction of sp³-hybridized carbons (Fsp3) is 0. The van der Waals surface area contributed by atoms with E-state index < -0.39 is 10.4 Å². The summed E-state index contributed by atoms with van der Waals surface area (Å²) in [4.78, 5) is 0. The normalized spacial score (nSPS) is 5.82. The molecular weight excluding hydrogens is 230 g/mol. The summed E-state index contributed by atoms with van der Waals surface area (Å²) in [5.74, 6) is 3.50. The Balaban J connectivity index is -0.00000000972. The maximum atomic E-state index is 8.52. The summed E-state index contributed by atoms with van der Waals surface area (Å²) < 4.78 is 34.1. The van der Waals surface area contributed by atoms with Gasteiger partial charge in [-0.2, -0.15) is 0 Å². The summed E-state index contributed by atoms with van der Waals surface area (Å²) in [5.41, 5.74) is 0. The van der Waals surface area contributed by atoms with E-state index in [2.05, 4.69) is 5.90 Å². The molecule has 0 aliphatic heterocycles. The number of rotatable bonds is 0. The Morgan fingerprint density at radius 3 is 1.00 bits per heavy atom. The molecule has 0 saturated heterocycles. The van der Waals surface area contributed by atoms with Gasteiger partial charge in [-0.1, -0.05) is 0 Å². The second-order valence-corrected chi connectivity index (χ2v) is 1.22. The van der Waals surface area contributed by atoms with E-state index >= 15 is 0 Å². The molecule has 54 valence electrons. The van der Waals surface area contributed by atoms with E-state index in [1.807, 2.05) is 0 Å². The fourth-order valence-corrected chi connectivity index (χ4v) is 0. The first-order valence-corrected chi connectivity index (χ1v) is 2.26. The molecule has 0 saturated carbocycles. The van der Waals surface area contributed by atoms with Gasteiger partial charge in [0.2, 0.25) is 0 Å². The largest absolute Gasteiger partial charge is 1.00 e. The van der Waals surface area contributed by atoms with Crippen molar-refractivity contribution in [1.29, 1.82) is 0 Å². The molecule has 0 rings (SSSR count). The van der Waals surface area contributed by atoms with Crippen LogP contribution < -0.4 is 107 Å². The van der Waals surface area contributed by atoms with Crippen LogP contribution in [0.15, 0.2) is 0 Å². The van der Waals surface area contributed by atoms with E-state index in [0.29, 0.717) is 0 Å². The fourth-order valence-electron chi connectivity index (χ4n) is 0. The van der Waals surface area contributed by atoms with Gasteiger partial charge in [0, 0.05) is 10.4 Å². The number of hydrogen-bond donors (Lipinski definition) is 2. The van der Waals surface area contributed by atoms with Crippen LogP contribution in [-0.4, -0.2) is 22.7 Å². The molecule has 0 radical (unpaired) electrons. The Hall–Kier alpha value is 3.08. The van der Waals surface area contributed by atoms with Gasteiger partial charge in [0.1, 0.15) is 0 Å². The maximum absolute atomic E-state index is 8.52. The van der Waals surface area contributed by atoms with Gasteiger partial charge in [0.05, 0.1) is 0 Å². The summed E-state index contributed by atoms with van der Waals surface area (Å²) >= 11 is 0. The van der Waals surface area contributed by atoms with E-state index in [9.17, 15) is 0 Å². The molecule has 11 heavy (non-hydrogen) atoms. The molecule has 6 nitrogen and oxygen atoms in total. The van der Waals surface area contributed by atoms with Crippen LogP contribution in [0.2, 0.25) is 0 Å². The van der Waals surface area contributed by atoms with Crippen LogP contribution >= 0.6 is 0 Å². The van der Waals surface area contributed by atoms with Gasteiger partial charge in [-0.05, 0) is 0 Å². The van der Waals surface area contributed by atoms with Gasteiger partial charge < -0.3 is 26.7 Å². The van der Waals surface area contributed by atoms with Crippen molar-refractivity contribution in [1.82, 2.24) is 0 Å². The van der Waals surface area contributed by atoms with E-state index in [0.717, 1.165) is 0 Å². The monoisotopic (exact) mass is 233 g/mol. The zero-order valence-electron chi connectivity index (χ0n) is 6.44. The topological polar surface area (TPSA) is 127 Å². The number of hydrogen-bond acceptors (Lipinski definition) is 6. The molecular formula is H3ClNNa3O5S. The van der Waals surface area contributed by atoms with Gasteiger partial charge in [-0.25, -0.2) is 5.90 Å². The minimum absolute atomic E-state index is 0. The van der Waals surface area contributed by atoms with Crippen LogP contribution in [0.4, 0.5) is 0 Å². The Kier molecular flexibility index (Phi) is 77.7.